The topological polar surface area (TPSA) is 90.1 Å². The Hall–Kier alpha value is -2.87. The summed E-state index contributed by atoms with van der Waals surface area (Å²) in [5.74, 6) is 1.62. The number of ether oxygens (including phenoxy) is 1. The first kappa shape index (κ1) is 17.0. The van der Waals surface area contributed by atoms with E-state index in [0.717, 1.165) is 16.9 Å². The number of nitrogens with zero attached hydrogens (tertiary/aromatic N) is 3. The van der Waals surface area contributed by atoms with Crippen LogP contribution in [0, 0.1) is 6.92 Å². The van der Waals surface area contributed by atoms with Gasteiger partial charge in [-0.15, -0.1) is 10.2 Å². The van der Waals surface area contributed by atoms with E-state index in [-0.39, 0.29) is 11.7 Å². The van der Waals surface area contributed by atoms with Crippen LogP contribution in [0.4, 0.5) is 5.82 Å². The van der Waals surface area contributed by atoms with E-state index in [0.29, 0.717) is 16.9 Å². The zero-order valence-electron chi connectivity index (χ0n) is 13.7. The number of nitrogens with one attached hydrogen (secondary N) is 1. The molecule has 0 saturated heterocycles. The number of carbonyl (C=O) groups is 1. The fourth-order valence-corrected chi connectivity index (χ4v) is 2.53. The van der Waals surface area contributed by atoms with Gasteiger partial charge in [-0.3, -0.25) is 4.79 Å². The molecule has 1 N–H and O–H groups in total. The van der Waals surface area contributed by atoms with E-state index in [4.69, 9.17) is 9.15 Å². The van der Waals surface area contributed by atoms with E-state index >= 15 is 0 Å². The first-order valence-electron chi connectivity index (χ1n) is 7.47. The number of amides is 1. The smallest absolute Gasteiger partial charge is 0.277 e. The summed E-state index contributed by atoms with van der Waals surface area (Å²) in [4.78, 5) is 16.1. The van der Waals surface area contributed by atoms with E-state index in [9.17, 15) is 4.79 Å². The molecule has 0 aliphatic rings. The van der Waals surface area contributed by atoms with Gasteiger partial charge >= 0.3 is 0 Å². The number of benzene rings is 1. The second kappa shape index (κ2) is 7.80. The molecule has 0 spiro atoms. The van der Waals surface area contributed by atoms with Gasteiger partial charge in [0.15, 0.2) is 0 Å². The molecule has 8 heteroatoms. The van der Waals surface area contributed by atoms with Crippen LogP contribution in [-0.2, 0) is 4.79 Å². The number of aryl methyl sites for hydroxylation is 1. The fourth-order valence-electron chi connectivity index (χ4n) is 1.97. The fraction of sp³-hybridized carbons (Fsp3) is 0.176. The Kier molecular flexibility index (Phi) is 5.30. The Morgan fingerprint density at radius 1 is 1.20 bits per heavy atom. The molecule has 0 unspecified atom stereocenters. The molecule has 0 radical (unpaired) electrons. The molecule has 0 aliphatic heterocycles. The van der Waals surface area contributed by atoms with Gasteiger partial charge in [-0.1, -0.05) is 17.8 Å². The highest BCUT2D eigenvalue weighted by molar-refractivity contribution is 7.99. The van der Waals surface area contributed by atoms with Crippen LogP contribution in [0.3, 0.4) is 0 Å². The minimum Gasteiger partial charge on any atom is -0.497 e. The Balaban J connectivity index is 1.55. The lowest BCUT2D eigenvalue weighted by atomic mass is 10.2. The lowest BCUT2D eigenvalue weighted by molar-refractivity contribution is -0.113. The van der Waals surface area contributed by atoms with Crippen molar-refractivity contribution in [2.24, 2.45) is 0 Å². The van der Waals surface area contributed by atoms with Gasteiger partial charge in [-0.2, -0.15) is 0 Å². The Morgan fingerprint density at radius 3 is 2.68 bits per heavy atom. The standard InChI is InChI=1S/C17H16N4O3S/c1-11-3-8-14(18-9-11)19-15(22)10-25-17-21-20-16(24-17)12-4-6-13(23-2)7-5-12/h3-9H,10H2,1-2H3,(H,18,19,22). The number of aromatic nitrogens is 3. The predicted octanol–water partition coefficient (Wildman–Crippen LogP) is 3.18. The van der Waals surface area contributed by atoms with E-state index in [2.05, 4.69) is 20.5 Å². The molecule has 0 bridgehead atoms. The Morgan fingerprint density at radius 2 is 2.00 bits per heavy atom. The molecule has 0 saturated carbocycles. The summed E-state index contributed by atoms with van der Waals surface area (Å²) in [6.45, 7) is 1.93. The first-order chi connectivity index (χ1) is 12.1. The summed E-state index contributed by atoms with van der Waals surface area (Å²) >= 11 is 1.17. The largest absolute Gasteiger partial charge is 0.497 e. The van der Waals surface area contributed by atoms with Crippen LogP contribution in [0.25, 0.3) is 11.5 Å². The van der Waals surface area contributed by atoms with Crippen LogP contribution in [-0.4, -0.2) is 34.0 Å². The highest BCUT2D eigenvalue weighted by Crippen LogP contribution is 2.24. The minimum absolute atomic E-state index is 0.153. The van der Waals surface area contributed by atoms with Crippen molar-refractivity contribution in [2.45, 2.75) is 12.1 Å². The number of thioether (sulfide) groups is 1. The third kappa shape index (κ3) is 4.57. The number of carbonyl (C=O) groups excluding carboxylic acids is 1. The van der Waals surface area contributed by atoms with Crippen molar-refractivity contribution >= 4 is 23.5 Å². The van der Waals surface area contributed by atoms with Crippen molar-refractivity contribution in [1.29, 1.82) is 0 Å². The van der Waals surface area contributed by atoms with Crippen LogP contribution < -0.4 is 10.1 Å². The molecule has 3 aromatic rings. The van der Waals surface area contributed by atoms with Crippen LogP contribution in [0.2, 0.25) is 0 Å². The molecular weight excluding hydrogens is 340 g/mol. The maximum absolute atomic E-state index is 11.9. The van der Waals surface area contributed by atoms with Crippen molar-refractivity contribution in [2.75, 3.05) is 18.2 Å². The quantitative estimate of drug-likeness (QED) is 0.678. The molecule has 25 heavy (non-hydrogen) atoms. The van der Waals surface area contributed by atoms with Gasteiger partial charge in [0.2, 0.25) is 11.8 Å². The summed E-state index contributed by atoms with van der Waals surface area (Å²) in [6, 6.07) is 10.9. The second-order valence-electron chi connectivity index (χ2n) is 5.16. The maximum atomic E-state index is 11.9. The van der Waals surface area contributed by atoms with Crippen molar-refractivity contribution < 1.29 is 13.9 Å². The number of hydrogen-bond donors (Lipinski definition) is 1. The summed E-state index contributed by atoms with van der Waals surface area (Å²) in [7, 11) is 1.60. The van der Waals surface area contributed by atoms with Gasteiger partial charge in [0.05, 0.1) is 12.9 Å². The molecule has 2 aromatic heterocycles. The van der Waals surface area contributed by atoms with E-state index in [1.807, 2.05) is 37.3 Å². The highest BCUT2D eigenvalue weighted by Gasteiger charge is 2.11. The molecule has 0 fully saturated rings. The summed E-state index contributed by atoms with van der Waals surface area (Å²) < 4.78 is 10.7. The van der Waals surface area contributed by atoms with Gasteiger partial charge in [0.1, 0.15) is 11.6 Å². The lowest BCUT2D eigenvalue weighted by Gasteiger charge is -2.03. The number of rotatable bonds is 6. The van der Waals surface area contributed by atoms with Gasteiger partial charge < -0.3 is 14.5 Å². The zero-order chi connectivity index (χ0) is 17.6. The van der Waals surface area contributed by atoms with Crippen molar-refractivity contribution in [1.82, 2.24) is 15.2 Å². The van der Waals surface area contributed by atoms with Crippen molar-refractivity contribution in [3.8, 4) is 17.2 Å². The molecular formula is C17H16N4O3S. The third-order valence-electron chi connectivity index (χ3n) is 3.25. The average molecular weight is 356 g/mol. The Labute approximate surface area is 148 Å². The zero-order valence-corrected chi connectivity index (χ0v) is 14.5. The molecule has 0 atom stereocenters. The number of methoxy groups -OCH3 is 1. The molecule has 3 rings (SSSR count). The molecule has 7 nitrogen and oxygen atoms in total. The van der Waals surface area contributed by atoms with E-state index in [1.165, 1.54) is 11.8 Å². The maximum Gasteiger partial charge on any atom is 0.277 e. The normalized spacial score (nSPS) is 10.5. The van der Waals surface area contributed by atoms with Gasteiger partial charge in [0.25, 0.3) is 5.22 Å². The summed E-state index contributed by atoms with van der Waals surface area (Å²) in [5, 5.41) is 11.0. The number of hydrogen-bond acceptors (Lipinski definition) is 7. The van der Waals surface area contributed by atoms with Crippen LogP contribution in [0.5, 0.6) is 5.75 Å². The second-order valence-corrected chi connectivity index (χ2v) is 6.09. The monoisotopic (exact) mass is 356 g/mol. The average Bonchev–Trinajstić information content (AvgIpc) is 3.11. The van der Waals surface area contributed by atoms with E-state index in [1.54, 1.807) is 19.4 Å². The molecule has 1 amide bonds. The van der Waals surface area contributed by atoms with Gasteiger partial charge in [-0.25, -0.2) is 4.98 Å². The molecule has 128 valence electrons. The number of anilines is 1. The van der Waals surface area contributed by atoms with Crippen LogP contribution in [0.15, 0.2) is 52.2 Å². The van der Waals surface area contributed by atoms with Crippen LogP contribution >= 0.6 is 11.8 Å². The van der Waals surface area contributed by atoms with Crippen molar-refractivity contribution in [3.63, 3.8) is 0 Å². The lowest BCUT2D eigenvalue weighted by Crippen LogP contribution is -2.14. The highest BCUT2D eigenvalue weighted by atomic mass is 32.2. The molecule has 1 aromatic carbocycles. The van der Waals surface area contributed by atoms with Gasteiger partial charge in [0, 0.05) is 11.8 Å². The first-order valence-corrected chi connectivity index (χ1v) is 8.46. The van der Waals surface area contributed by atoms with E-state index < -0.39 is 0 Å². The molecule has 2 heterocycles. The SMILES string of the molecule is COc1ccc(-c2nnc(SCC(=O)Nc3ccc(C)cn3)o2)cc1. The van der Waals surface area contributed by atoms with Gasteiger partial charge in [-0.05, 0) is 42.8 Å². The number of pyridine rings is 1. The van der Waals surface area contributed by atoms with Crippen molar-refractivity contribution in [3.05, 3.63) is 48.2 Å². The predicted molar refractivity (Wildman–Crippen MR) is 94.6 cm³/mol. The summed E-state index contributed by atoms with van der Waals surface area (Å²) in [5.41, 5.74) is 1.82. The third-order valence-corrected chi connectivity index (χ3v) is 4.07. The minimum atomic E-state index is -0.189. The molecule has 0 aliphatic carbocycles. The van der Waals surface area contributed by atoms with Crippen LogP contribution in [0.1, 0.15) is 5.56 Å². The Bertz CT molecular complexity index is 847. The summed E-state index contributed by atoms with van der Waals surface area (Å²) in [6.07, 6.45) is 1.70.